The molecule has 0 radical (unpaired) electrons. The fourth-order valence-electron chi connectivity index (χ4n) is 3.77. The summed E-state index contributed by atoms with van der Waals surface area (Å²) in [5, 5.41) is 10.0. The van der Waals surface area contributed by atoms with Crippen LogP contribution in [0.3, 0.4) is 0 Å². The summed E-state index contributed by atoms with van der Waals surface area (Å²) in [5.74, 6) is 1.12. The molecule has 0 spiro atoms. The van der Waals surface area contributed by atoms with Crippen molar-refractivity contribution in [2.24, 2.45) is 17.3 Å². The van der Waals surface area contributed by atoms with Crippen molar-refractivity contribution in [2.75, 3.05) is 0 Å². The fourth-order valence-corrected chi connectivity index (χ4v) is 3.77. The average Bonchev–Trinajstić information content (AvgIpc) is 2.23. The van der Waals surface area contributed by atoms with Crippen LogP contribution in [0, 0.1) is 17.3 Å². The van der Waals surface area contributed by atoms with Crippen LogP contribution < -0.4 is 0 Å². The molecule has 0 unspecified atom stereocenters. The summed E-state index contributed by atoms with van der Waals surface area (Å²) >= 11 is 0. The maximum Gasteiger partial charge on any atom is 0.159 e. The van der Waals surface area contributed by atoms with Crippen LogP contribution in [-0.4, -0.2) is 17.0 Å². The summed E-state index contributed by atoms with van der Waals surface area (Å²) < 4.78 is 0. The molecule has 2 aliphatic carbocycles. The van der Waals surface area contributed by atoms with Crippen LogP contribution >= 0.6 is 0 Å². The molecule has 0 aromatic carbocycles. The SMILES string of the molecule is CC(C)=C1C[C@H]2[C@H](C)[C@@H](O)CC[C@]2(C)CC1=O. The van der Waals surface area contributed by atoms with Gasteiger partial charge in [0.2, 0.25) is 0 Å². The number of Topliss-reactive ketones (excluding diaryl/α,β-unsaturated/α-hetero) is 1. The average molecular weight is 236 g/mol. The van der Waals surface area contributed by atoms with Crippen molar-refractivity contribution in [1.29, 1.82) is 0 Å². The zero-order valence-corrected chi connectivity index (χ0v) is 11.4. The Labute approximate surface area is 104 Å². The summed E-state index contributed by atoms with van der Waals surface area (Å²) in [4.78, 5) is 12.2. The highest BCUT2D eigenvalue weighted by Gasteiger charge is 2.48. The van der Waals surface area contributed by atoms with E-state index in [9.17, 15) is 9.90 Å². The Kier molecular flexibility index (Phi) is 3.19. The van der Waals surface area contributed by atoms with E-state index >= 15 is 0 Å². The second-order valence-corrected chi connectivity index (χ2v) is 6.51. The van der Waals surface area contributed by atoms with Crippen LogP contribution in [0.4, 0.5) is 0 Å². The predicted octanol–water partition coefficient (Wildman–Crippen LogP) is 3.10. The highest BCUT2D eigenvalue weighted by molar-refractivity contribution is 5.97. The molecule has 0 amide bonds. The predicted molar refractivity (Wildman–Crippen MR) is 68.6 cm³/mol. The van der Waals surface area contributed by atoms with Crippen LogP contribution in [0.1, 0.15) is 53.4 Å². The van der Waals surface area contributed by atoms with E-state index in [0.29, 0.717) is 24.0 Å². The van der Waals surface area contributed by atoms with Gasteiger partial charge in [-0.2, -0.15) is 0 Å². The van der Waals surface area contributed by atoms with E-state index < -0.39 is 0 Å². The molecule has 96 valence electrons. The number of fused-ring (bicyclic) bond motifs is 1. The smallest absolute Gasteiger partial charge is 0.159 e. The molecule has 2 saturated carbocycles. The lowest BCUT2D eigenvalue weighted by atomic mass is 9.55. The minimum Gasteiger partial charge on any atom is -0.393 e. The lowest BCUT2D eigenvalue weighted by molar-refractivity contribution is -0.126. The second-order valence-electron chi connectivity index (χ2n) is 6.51. The molecule has 0 saturated heterocycles. The summed E-state index contributed by atoms with van der Waals surface area (Å²) in [5.41, 5.74) is 2.30. The van der Waals surface area contributed by atoms with Gasteiger partial charge in [-0.3, -0.25) is 4.79 Å². The molecular weight excluding hydrogens is 212 g/mol. The Balaban J connectivity index is 2.32. The Hall–Kier alpha value is -0.630. The monoisotopic (exact) mass is 236 g/mol. The molecule has 2 rings (SSSR count). The van der Waals surface area contributed by atoms with E-state index in [4.69, 9.17) is 0 Å². The molecule has 0 bridgehead atoms. The van der Waals surface area contributed by atoms with Crippen LogP contribution in [0.25, 0.3) is 0 Å². The molecule has 17 heavy (non-hydrogen) atoms. The number of carbonyl (C=O) groups excluding carboxylic acids is 1. The number of hydrogen-bond donors (Lipinski definition) is 1. The van der Waals surface area contributed by atoms with Gasteiger partial charge in [0.15, 0.2) is 5.78 Å². The molecule has 0 heterocycles. The van der Waals surface area contributed by atoms with Gasteiger partial charge in [0.1, 0.15) is 0 Å². The second kappa shape index (κ2) is 4.24. The van der Waals surface area contributed by atoms with Gasteiger partial charge >= 0.3 is 0 Å². The van der Waals surface area contributed by atoms with Gasteiger partial charge in [-0.15, -0.1) is 0 Å². The Morgan fingerprint density at radius 1 is 1.41 bits per heavy atom. The summed E-state index contributed by atoms with van der Waals surface area (Å²) in [6, 6.07) is 0. The van der Waals surface area contributed by atoms with Gasteiger partial charge in [0, 0.05) is 6.42 Å². The van der Waals surface area contributed by atoms with Gasteiger partial charge in [0.05, 0.1) is 6.10 Å². The third-order valence-electron chi connectivity index (χ3n) is 5.08. The summed E-state index contributed by atoms with van der Waals surface area (Å²) in [7, 11) is 0. The van der Waals surface area contributed by atoms with Crippen LogP contribution in [0.15, 0.2) is 11.1 Å². The van der Waals surface area contributed by atoms with Gasteiger partial charge < -0.3 is 5.11 Å². The van der Waals surface area contributed by atoms with E-state index in [-0.39, 0.29) is 11.5 Å². The largest absolute Gasteiger partial charge is 0.393 e. The topological polar surface area (TPSA) is 37.3 Å². The maximum absolute atomic E-state index is 12.2. The van der Waals surface area contributed by atoms with Gasteiger partial charge in [-0.1, -0.05) is 19.4 Å². The number of hydrogen-bond acceptors (Lipinski definition) is 2. The number of rotatable bonds is 0. The Bertz CT molecular complexity index is 365. The first-order valence-electron chi connectivity index (χ1n) is 6.73. The Morgan fingerprint density at radius 2 is 2.06 bits per heavy atom. The van der Waals surface area contributed by atoms with E-state index in [1.54, 1.807) is 0 Å². The first-order valence-corrected chi connectivity index (χ1v) is 6.73. The Morgan fingerprint density at radius 3 is 2.65 bits per heavy atom. The molecule has 2 aliphatic rings. The van der Waals surface area contributed by atoms with Crippen molar-refractivity contribution >= 4 is 5.78 Å². The standard InChI is InChI=1S/C15H24O2/c1-9(2)11-7-12-10(3)13(16)5-6-15(12,4)8-14(11)17/h10,12-13,16H,5-8H2,1-4H3/t10-,12-,13-,15+/m0/s1. The van der Waals surface area contributed by atoms with Gasteiger partial charge in [-0.05, 0) is 55.9 Å². The zero-order chi connectivity index (χ0) is 12.8. The van der Waals surface area contributed by atoms with Crippen molar-refractivity contribution < 1.29 is 9.90 Å². The zero-order valence-electron chi connectivity index (χ0n) is 11.4. The maximum atomic E-state index is 12.2. The van der Waals surface area contributed by atoms with Gasteiger partial charge in [0.25, 0.3) is 0 Å². The van der Waals surface area contributed by atoms with Crippen molar-refractivity contribution in [1.82, 2.24) is 0 Å². The first-order chi connectivity index (χ1) is 7.85. The fraction of sp³-hybridized carbons (Fsp3) is 0.800. The molecule has 0 aromatic heterocycles. The molecule has 1 N–H and O–H groups in total. The first kappa shape index (κ1) is 12.8. The molecule has 0 aromatic rings. The molecule has 4 atom stereocenters. The van der Waals surface area contributed by atoms with Crippen molar-refractivity contribution in [3.05, 3.63) is 11.1 Å². The van der Waals surface area contributed by atoms with E-state index in [1.807, 2.05) is 13.8 Å². The third-order valence-corrected chi connectivity index (χ3v) is 5.08. The van der Waals surface area contributed by atoms with Crippen molar-refractivity contribution in [3.8, 4) is 0 Å². The van der Waals surface area contributed by atoms with E-state index in [0.717, 1.165) is 30.4 Å². The van der Waals surface area contributed by atoms with Crippen LogP contribution in [-0.2, 0) is 4.79 Å². The number of allylic oxidation sites excluding steroid dienone is 2. The van der Waals surface area contributed by atoms with Crippen LogP contribution in [0.2, 0.25) is 0 Å². The van der Waals surface area contributed by atoms with E-state index in [1.165, 1.54) is 0 Å². The molecule has 0 aliphatic heterocycles. The highest BCUT2D eigenvalue weighted by atomic mass is 16.3. The molecular formula is C15H24O2. The third kappa shape index (κ3) is 2.08. The minimum absolute atomic E-state index is 0.120. The lowest BCUT2D eigenvalue weighted by Gasteiger charge is -2.50. The molecule has 2 heteroatoms. The quantitative estimate of drug-likeness (QED) is 0.656. The number of ketones is 1. The summed E-state index contributed by atoms with van der Waals surface area (Å²) in [6.07, 6.45) is 3.21. The minimum atomic E-state index is -0.181. The van der Waals surface area contributed by atoms with Crippen LogP contribution in [0.5, 0.6) is 0 Å². The number of carbonyl (C=O) groups is 1. The van der Waals surface area contributed by atoms with Gasteiger partial charge in [-0.25, -0.2) is 0 Å². The summed E-state index contributed by atoms with van der Waals surface area (Å²) in [6.45, 7) is 8.44. The normalized spacial score (nSPS) is 42.3. The molecule has 2 fully saturated rings. The molecule has 2 nitrogen and oxygen atoms in total. The number of aliphatic hydroxyl groups excluding tert-OH is 1. The van der Waals surface area contributed by atoms with E-state index in [2.05, 4.69) is 13.8 Å². The van der Waals surface area contributed by atoms with Crippen molar-refractivity contribution in [2.45, 2.75) is 59.5 Å². The lowest BCUT2D eigenvalue weighted by Crippen LogP contribution is -2.47. The highest BCUT2D eigenvalue weighted by Crippen LogP contribution is 2.53. The van der Waals surface area contributed by atoms with Crippen molar-refractivity contribution in [3.63, 3.8) is 0 Å². The number of aliphatic hydroxyl groups is 1.